The van der Waals surface area contributed by atoms with Crippen LogP contribution in [0.25, 0.3) is 28.0 Å². The van der Waals surface area contributed by atoms with Gasteiger partial charge in [0.2, 0.25) is 0 Å². The largest absolute Gasteiger partial charge is 0.510 e. The highest BCUT2D eigenvalue weighted by Crippen LogP contribution is 2.31. The van der Waals surface area contributed by atoms with Crippen molar-refractivity contribution in [2.45, 2.75) is 24.3 Å². The molecule has 0 radical (unpaired) electrons. The first-order valence-electron chi connectivity index (χ1n) is 9.40. The Morgan fingerprint density at radius 2 is 1.90 bits per heavy atom. The standard InChI is InChI=1S/C22H20N6OS/c1-13-8-4-5-9-15(13)21-26-27-22(28(21)3)30-14(2)19(29)16(12-23)20-24-17-10-6-7-11-18(17)25-20/h4-11,14,29H,1-3H3,(H,24,25)/b19-16-. The van der Waals surface area contributed by atoms with Gasteiger partial charge in [-0.25, -0.2) is 4.98 Å². The van der Waals surface area contributed by atoms with Crippen molar-refractivity contribution >= 4 is 28.4 Å². The van der Waals surface area contributed by atoms with E-state index in [0.717, 1.165) is 28.0 Å². The number of H-pyrrole nitrogens is 1. The zero-order valence-corrected chi connectivity index (χ0v) is 17.6. The molecule has 0 saturated heterocycles. The average Bonchev–Trinajstić information content (AvgIpc) is 3.32. The topological polar surface area (TPSA) is 103 Å². The van der Waals surface area contributed by atoms with Crippen LogP contribution in [0.15, 0.2) is 59.4 Å². The Balaban J connectivity index is 1.64. The summed E-state index contributed by atoms with van der Waals surface area (Å²) in [4.78, 5) is 7.52. The lowest BCUT2D eigenvalue weighted by atomic mass is 10.1. The van der Waals surface area contributed by atoms with Crippen molar-refractivity contribution in [3.05, 3.63) is 65.7 Å². The van der Waals surface area contributed by atoms with Crippen molar-refractivity contribution in [1.82, 2.24) is 24.7 Å². The molecule has 0 bridgehead atoms. The highest BCUT2D eigenvalue weighted by atomic mass is 32.2. The number of aromatic nitrogens is 5. The van der Waals surface area contributed by atoms with Gasteiger partial charge in [-0.2, -0.15) is 5.26 Å². The molecule has 1 unspecified atom stereocenters. The maximum Gasteiger partial charge on any atom is 0.191 e. The third kappa shape index (κ3) is 3.55. The fourth-order valence-corrected chi connectivity index (χ4v) is 4.07. The number of nitriles is 1. The summed E-state index contributed by atoms with van der Waals surface area (Å²) in [6.45, 7) is 3.85. The molecule has 0 aliphatic carbocycles. The molecule has 2 aromatic heterocycles. The van der Waals surface area contributed by atoms with Gasteiger partial charge < -0.3 is 14.7 Å². The van der Waals surface area contributed by atoms with Crippen LogP contribution in [-0.2, 0) is 7.05 Å². The summed E-state index contributed by atoms with van der Waals surface area (Å²) in [5.41, 5.74) is 3.78. The Hall–Kier alpha value is -3.57. The van der Waals surface area contributed by atoms with Crippen molar-refractivity contribution in [3.8, 4) is 17.5 Å². The van der Waals surface area contributed by atoms with E-state index >= 15 is 0 Å². The summed E-state index contributed by atoms with van der Waals surface area (Å²) >= 11 is 1.33. The molecule has 0 amide bonds. The molecular weight excluding hydrogens is 396 g/mol. The molecule has 0 aliphatic heterocycles. The summed E-state index contributed by atoms with van der Waals surface area (Å²) in [6, 6.07) is 17.6. The predicted molar refractivity (Wildman–Crippen MR) is 118 cm³/mol. The van der Waals surface area contributed by atoms with Crippen LogP contribution in [-0.4, -0.2) is 35.1 Å². The number of aromatic amines is 1. The molecule has 2 heterocycles. The van der Waals surface area contributed by atoms with E-state index in [0.29, 0.717) is 11.0 Å². The molecule has 0 saturated carbocycles. The van der Waals surface area contributed by atoms with E-state index in [4.69, 9.17) is 0 Å². The molecule has 2 aromatic carbocycles. The zero-order chi connectivity index (χ0) is 21.3. The van der Waals surface area contributed by atoms with Crippen LogP contribution in [0.1, 0.15) is 18.3 Å². The van der Waals surface area contributed by atoms with E-state index in [1.54, 1.807) is 0 Å². The fourth-order valence-electron chi connectivity index (χ4n) is 3.20. The minimum absolute atomic E-state index is 0.0537. The maximum atomic E-state index is 10.8. The molecule has 1 atom stereocenters. The van der Waals surface area contributed by atoms with Crippen LogP contribution in [0.3, 0.4) is 0 Å². The highest BCUT2D eigenvalue weighted by molar-refractivity contribution is 7.99. The molecule has 2 N–H and O–H groups in total. The number of allylic oxidation sites excluding steroid dienone is 1. The minimum Gasteiger partial charge on any atom is -0.510 e. The lowest BCUT2D eigenvalue weighted by Crippen LogP contribution is -2.07. The molecule has 4 aromatic rings. The Bertz CT molecular complexity index is 1260. The van der Waals surface area contributed by atoms with E-state index in [2.05, 4.69) is 26.2 Å². The second kappa shape index (κ2) is 8.05. The van der Waals surface area contributed by atoms with Gasteiger partial charge in [0.1, 0.15) is 17.4 Å². The SMILES string of the molecule is Cc1ccccc1-c1nnc(SC(C)/C(O)=C(\C#N)c2nc3ccccc3[nH]2)n1C. The Morgan fingerprint density at radius 1 is 1.17 bits per heavy atom. The summed E-state index contributed by atoms with van der Waals surface area (Å²) in [6.07, 6.45) is 0. The van der Waals surface area contributed by atoms with Gasteiger partial charge in [-0.3, -0.25) is 0 Å². The van der Waals surface area contributed by atoms with Gasteiger partial charge in [-0.1, -0.05) is 48.2 Å². The summed E-state index contributed by atoms with van der Waals surface area (Å²) in [5.74, 6) is 1.05. The normalized spacial score (nSPS) is 13.1. The van der Waals surface area contributed by atoms with Crippen molar-refractivity contribution < 1.29 is 5.11 Å². The van der Waals surface area contributed by atoms with Gasteiger partial charge in [0.25, 0.3) is 0 Å². The van der Waals surface area contributed by atoms with Crippen LogP contribution in [0.4, 0.5) is 0 Å². The number of hydrogen-bond donors (Lipinski definition) is 2. The third-order valence-corrected chi connectivity index (χ3v) is 6.03. The van der Waals surface area contributed by atoms with Gasteiger partial charge >= 0.3 is 0 Å². The van der Waals surface area contributed by atoms with Crippen LogP contribution in [0.2, 0.25) is 0 Å². The van der Waals surface area contributed by atoms with E-state index in [9.17, 15) is 10.4 Å². The molecule has 7 nitrogen and oxygen atoms in total. The minimum atomic E-state index is -0.416. The number of para-hydroxylation sites is 2. The summed E-state index contributed by atoms with van der Waals surface area (Å²) in [7, 11) is 1.89. The zero-order valence-electron chi connectivity index (χ0n) is 16.8. The van der Waals surface area contributed by atoms with E-state index in [1.807, 2.05) is 74.0 Å². The number of aliphatic hydroxyl groups is 1. The Morgan fingerprint density at radius 3 is 2.63 bits per heavy atom. The van der Waals surface area contributed by atoms with Crippen molar-refractivity contribution in [2.24, 2.45) is 7.05 Å². The van der Waals surface area contributed by atoms with E-state index in [-0.39, 0.29) is 11.3 Å². The van der Waals surface area contributed by atoms with Crippen LogP contribution in [0.5, 0.6) is 0 Å². The lowest BCUT2D eigenvalue weighted by Gasteiger charge is -2.12. The van der Waals surface area contributed by atoms with E-state index in [1.165, 1.54) is 11.8 Å². The predicted octanol–water partition coefficient (Wildman–Crippen LogP) is 4.64. The van der Waals surface area contributed by atoms with Crippen LogP contribution in [0, 0.1) is 18.3 Å². The molecule has 0 fully saturated rings. The number of thioether (sulfide) groups is 1. The average molecular weight is 417 g/mol. The number of aryl methyl sites for hydroxylation is 1. The molecule has 4 rings (SSSR count). The number of fused-ring (bicyclic) bond motifs is 1. The highest BCUT2D eigenvalue weighted by Gasteiger charge is 2.22. The molecular formula is C22H20N6OS. The number of nitrogens with one attached hydrogen (secondary N) is 1. The van der Waals surface area contributed by atoms with Gasteiger partial charge in [0, 0.05) is 12.6 Å². The molecule has 150 valence electrons. The Kier molecular flexibility index (Phi) is 5.29. The first-order valence-corrected chi connectivity index (χ1v) is 10.3. The van der Waals surface area contributed by atoms with Gasteiger partial charge in [-0.05, 0) is 31.5 Å². The Labute approximate surface area is 178 Å². The first-order chi connectivity index (χ1) is 14.5. The third-order valence-electron chi connectivity index (χ3n) is 4.88. The van der Waals surface area contributed by atoms with Crippen LogP contribution >= 0.6 is 11.8 Å². The molecule has 8 heteroatoms. The molecule has 0 aliphatic rings. The van der Waals surface area contributed by atoms with Gasteiger partial charge in [0.05, 0.1) is 16.3 Å². The number of nitrogens with zero attached hydrogens (tertiary/aromatic N) is 5. The summed E-state index contributed by atoms with van der Waals surface area (Å²) < 4.78 is 1.89. The second-order valence-corrected chi connectivity index (χ2v) is 8.22. The number of imidazole rings is 1. The van der Waals surface area contributed by atoms with Gasteiger partial charge in [0.15, 0.2) is 16.8 Å². The number of rotatable bonds is 5. The fraction of sp³-hybridized carbons (Fsp3) is 0.182. The second-order valence-electron chi connectivity index (χ2n) is 6.91. The smallest absolute Gasteiger partial charge is 0.191 e. The monoisotopic (exact) mass is 416 g/mol. The van der Waals surface area contributed by atoms with Crippen molar-refractivity contribution in [3.63, 3.8) is 0 Å². The maximum absolute atomic E-state index is 10.8. The van der Waals surface area contributed by atoms with Crippen LogP contribution < -0.4 is 0 Å². The number of aliphatic hydroxyl groups excluding tert-OH is 1. The lowest BCUT2D eigenvalue weighted by molar-refractivity contribution is 0.401. The van der Waals surface area contributed by atoms with E-state index < -0.39 is 5.25 Å². The molecule has 30 heavy (non-hydrogen) atoms. The summed E-state index contributed by atoms with van der Waals surface area (Å²) in [5, 5.41) is 29.3. The quantitative estimate of drug-likeness (QED) is 0.279. The van der Waals surface area contributed by atoms with Crippen molar-refractivity contribution in [1.29, 1.82) is 5.26 Å². The van der Waals surface area contributed by atoms with Gasteiger partial charge in [-0.15, -0.1) is 10.2 Å². The van der Waals surface area contributed by atoms with Crippen molar-refractivity contribution in [2.75, 3.05) is 0 Å². The number of benzene rings is 2. The number of hydrogen-bond acceptors (Lipinski definition) is 6. The molecule has 0 spiro atoms. The first kappa shape index (κ1) is 19.7.